The molecule has 0 radical (unpaired) electrons. The second-order valence-electron chi connectivity index (χ2n) is 5.06. The van der Waals surface area contributed by atoms with Gasteiger partial charge in [-0.2, -0.15) is 0 Å². The molecule has 0 aliphatic rings. The molecule has 6 nitrogen and oxygen atoms in total. The number of carbonyl (C=O) groups is 2. The number of aromatic nitrogens is 1. The molecule has 1 atom stereocenters. The fraction of sp³-hybridized carbons (Fsp3) is 0.312. The van der Waals surface area contributed by atoms with Crippen LogP contribution < -0.4 is 5.32 Å². The van der Waals surface area contributed by atoms with Crippen LogP contribution in [-0.2, 0) is 20.1 Å². The van der Waals surface area contributed by atoms with E-state index in [1.807, 2.05) is 24.3 Å². The van der Waals surface area contributed by atoms with Crippen LogP contribution in [0.4, 0.5) is 5.82 Å². The topological polar surface area (TPSA) is 81.4 Å². The number of thioether (sulfide) groups is 1. The van der Waals surface area contributed by atoms with E-state index in [4.69, 9.17) is 9.26 Å². The molecule has 1 aromatic carbocycles. The molecule has 0 saturated carbocycles. The third kappa shape index (κ3) is 6.01. The largest absolute Gasteiger partial charge is 0.455 e. The van der Waals surface area contributed by atoms with Crippen molar-refractivity contribution in [1.29, 1.82) is 0 Å². The summed E-state index contributed by atoms with van der Waals surface area (Å²) in [6.07, 6.45) is 0. The quantitative estimate of drug-likeness (QED) is 0.700. The number of anilines is 1. The Bertz CT molecular complexity index is 702. The number of nitrogens with one attached hydrogen (secondary N) is 1. The summed E-state index contributed by atoms with van der Waals surface area (Å²) in [4.78, 5) is 23.6. The first-order valence-electron chi connectivity index (χ1n) is 7.20. The predicted molar refractivity (Wildman–Crippen MR) is 95.7 cm³/mol. The van der Waals surface area contributed by atoms with Crippen LogP contribution in [0.1, 0.15) is 18.2 Å². The number of amides is 1. The molecule has 0 aliphatic carbocycles. The van der Waals surface area contributed by atoms with Gasteiger partial charge in [0.15, 0.2) is 12.4 Å². The summed E-state index contributed by atoms with van der Waals surface area (Å²) in [5.74, 6) is 0.686. The Morgan fingerprint density at radius 3 is 2.71 bits per heavy atom. The third-order valence-corrected chi connectivity index (χ3v) is 4.71. The van der Waals surface area contributed by atoms with E-state index in [-0.39, 0.29) is 11.9 Å². The number of ether oxygens (including phenoxy) is 1. The maximum atomic E-state index is 11.9. The highest BCUT2D eigenvalue weighted by Crippen LogP contribution is 2.20. The van der Waals surface area contributed by atoms with E-state index < -0.39 is 11.9 Å². The van der Waals surface area contributed by atoms with Gasteiger partial charge in [0, 0.05) is 16.3 Å². The average Bonchev–Trinajstić information content (AvgIpc) is 2.96. The van der Waals surface area contributed by atoms with Crippen LogP contribution in [0.5, 0.6) is 0 Å². The molecule has 0 saturated heterocycles. The minimum absolute atomic E-state index is 0.297. The van der Waals surface area contributed by atoms with Crippen molar-refractivity contribution >= 4 is 45.4 Å². The lowest BCUT2D eigenvalue weighted by Crippen LogP contribution is -2.25. The maximum Gasteiger partial charge on any atom is 0.319 e. The molecule has 8 heteroatoms. The molecular formula is C16H17BrN2O4S. The van der Waals surface area contributed by atoms with Gasteiger partial charge in [-0.3, -0.25) is 9.59 Å². The van der Waals surface area contributed by atoms with Gasteiger partial charge in [-0.15, -0.1) is 11.8 Å². The summed E-state index contributed by atoms with van der Waals surface area (Å²) in [5, 5.41) is 5.76. The first-order chi connectivity index (χ1) is 11.4. The lowest BCUT2D eigenvalue weighted by molar-refractivity contribution is -0.146. The van der Waals surface area contributed by atoms with Crippen molar-refractivity contribution in [3.05, 3.63) is 46.1 Å². The monoisotopic (exact) mass is 412 g/mol. The second kappa shape index (κ2) is 8.89. The van der Waals surface area contributed by atoms with Gasteiger partial charge in [0.05, 0.1) is 5.25 Å². The summed E-state index contributed by atoms with van der Waals surface area (Å²) in [5.41, 5.74) is 1.11. The van der Waals surface area contributed by atoms with Gasteiger partial charge >= 0.3 is 5.97 Å². The Morgan fingerprint density at radius 2 is 2.08 bits per heavy atom. The number of esters is 1. The van der Waals surface area contributed by atoms with Crippen LogP contribution in [0.15, 0.2) is 39.3 Å². The first-order valence-corrected chi connectivity index (χ1v) is 9.04. The van der Waals surface area contributed by atoms with Gasteiger partial charge in [-0.1, -0.05) is 33.2 Å². The van der Waals surface area contributed by atoms with Gasteiger partial charge in [-0.05, 0) is 31.5 Å². The zero-order valence-electron chi connectivity index (χ0n) is 13.2. The van der Waals surface area contributed by atoms with E-state index in [0.717, 1.165) is 10.0 Å². The molecular weight excluding hydrogens is 396 g/mol. The predicted octanol–water partition coefficient (Wildman–Crippen LogP) is 3.55. The van der Waals surface area contributed by atoms with Crippen LogP contribution in [0.2, 0.25) is 0 Å². The molecule has 2 aromatic rings. The van der Waals surface area contributed by atoms with Gasteiger partial charge < -0.3 is 14.6 Å². The molecule has 24 heavy (non-hydrogen) atoms. The number of carbonyl (C=O) groups excluding carboxylic acids is 2. The molecule has 0 aliphatic heterocycles. The van der Waals surface area contributed by atoms with Crippen molar-refractivity contribution in [2.24, 2.45) is 0 Å². The van der Waals surface area contributed by atoms with Crippen LogP contribution >= 0.6 is 27.7 Å². The van der Waals surface area contributed by atoms with Crippen molar-refractivity contribution in [3.63, 3.8) is 0 Å². The molecule has 1 heterocycles. The third-order valence-electron chi connectivity index (χ3n) is 2.99. The minimum Gasteiger partial charge on any atom is -0.455 e. The van der Waals surface area contributed by atoms with E-state index in [9.17, 15) is 9.59 Å². The zero-order valence-corrected chi connectivity index (χ0v) is 15.6. The zero-order chi connectivity index (χ0) is 17.5. The SMILES string of the molecule is Cc1cc(NC(=O)COC(=O)[C@@H](C)SCc2ccc(Br)cc2)no1. The molecule has 2 rings (SSSR count). The minimum atomic E-state index is -0.457. The normalized spacial score (nSPS) is 11.8. The first kappa shape index (κ1) is 18.5. The highest BCUT2D eigenvalue weighted by atomic mass is 79.9. The maximum absolute atomic E-state index is 11.9. The van der Waals surface area contributed by atoms with Gasteiger partial charge in [0.25, 0.3) is 5.91 Å². The Hall–Kier alpha value is -1.80. The van der Waals surface area contributed by atoms with Gasteiger partial charge in [-0.25, -0.2) is 0 Å². The summed E-state index contributed by atoms with van der Waals surface area (Å²) in [6, 6.07) is 9.46. The van der Waals surface area contributed by atoms with Crippen LogP contribution in [0.25, 0.3) is 0 Å². The molecule has 128 valence electrons. The number of aryl methyl sites for hydroxylation is 1. The highest BCUT2D eigenvalue weighted by molar-refractivity contribution is 9.10. The van der Waals surface area contributed by atoms with E-state index in [1.165, 1.54) is 11.8 Å². The number of benzene rings is 1. The van der Waals surface area contributed by atoms with Crippen molar-refractivity contribution in [2.75, 3.05) is 11.9 Å². The fourth-order valence-corrected chi connectivity index (χ4v) is 2.83. The molecule has 0 fully saturated rings. The van der Waals surface area contributed by atoms with Crippen LogP contribution in [0, 0.1) is 6.92 Å². The summed E-state index contributed by atoms with van der Waals surface area (Å²) >= 11 is 4.83. The van der Waals surface area contributed by atoms with E-state index in [2.05, 4.69) is 26.4 Å². The molecule has 0 bridgehead atoms. The van der Waals surface area contributed by atoms with Crippen LogP contribution in [0.3, 0.4) is 0 Å². The molecule has 1 aromatic heterocycles. The fourth-order valence-electron chi connectivity index (χ4n) is 1.73. The Morgan fingerprint density at radius 1 is 1.38 bits per heavy atom. The summed E-state index contributed by atoms with van der Waals surface area (Å²) < 4.78 is 10.9. The lowest BCUT2D eigenvalue weighted by Gasteiger charge is -2.11. The number of halogens is 1. The highest BCUT2D eigenvalue weighted by Gasteiger charge is 2.17. The van der Waals surface area contributed by atoms with Crippen molar-refractivity contribution in [2.45, 2.75) is 24.9 Å². The van der Waals surface area contributed by atoms with E-state index >= 15 is 0 Å². The summed E-state index contributed by atoms with van der Waals surface area (Å²) in [7, 11) is 0. The number of hydrogen-bond acceptors (Lipinski definition) is 6. The average molecular weight is 413 g/mol. The number of nitrogens with zero attached hydrogens (tertiary/aromatic N) is 1. The van der Waals surface area contributed by atoms with Crippen molar-refractivity contribution in [1.82, 2.24) is 5.16 Å². The Labute approximate surface area is 152 Å². The molecule has 1 amide bonds. The smallest absolute Gasteiger partial charge is 0.319 e. The molecule has 1 N–H and O–H groups in total. The van der Waals surface area contributed by atoms with Gasteiger partial charge in [0.2, 0.25) is 0 Å². The van der Waals surface area contributed by atoms with Crippen LogP contribution in [-0.4, -0.2) is 28.9 Å². The van der Waals surface area contributed by atoms with E-state index in [0.29, 0.717) is 17.3 Å². The number of hydrogen-bond donors (Lipinski definition) is 1. The van der Waals surface area contributed by atoms with Crippen molar-refractivity contribution < 1.29 is 18.8 Å². The Balaban J connectivity index is 1.71. The molecule has 0 spiro atoms. The Kier molecular flexibility index (Phi) is 6.86. The van der Waals surface area contributed by atoms with E-state index in [1.54, 1.807) is 19.9 Å². The molecule has 0 unspecified atom stereocenters. The standard InChI is InChI=1S/C16H17BrN2O4S/c1-10-7-14(19-23-10)18-15(20)8-22-16(21)11(2)24-9-12-3-5-13(17)6-4-12/h3-7,11H,8-9H2,1-2H3,(H,18,19,20)/t11-/m1/s1. The lowest BCUT2D eigenvalue weighted by atomic mass is 10.2. The van der Waals surface area contributed by atoms with Gasteiger partial charge in [0.1, 0.15) is 5.76 Å². The van der Waals surface area contributed by atoms with Crippen molar-refractivity contribution in [3.8, 4) is 0 Å². The second-order valence-corrected chi connectivity index (χ2v) is 7.30. The number of rotatable bonds is 7. The summed E-state index contributed by atoms with van der Waals surface area (Å²) in [6.45, 7) is 3.12.